The molecule has 9 nitrogen and oxygen atoms in total. The first-order chi connectivity index (χ1) is 27.9. The lowest BCUT2D eigenvalue weighted by Gasteiger charge is -2.38. The fourth-order valence-corrected chi connectivity index (χ4v) is 9.22. The van der Waals surface area contributed by atoms with Crippen molar-refractivity contribution in [2.24, 2.45) is 9.98 Å². The molecule has 0 bridgehead atoms. The van der Waals surface area contributed by atoms with Crippen LogP contribution in [0.4, 0.5) is 8.78 Å². The number of hydrogen-bond acceptors (Lipinski definition) is 9. The van der Waals surface area contributed by atoms with E-state index in [-0.39, 0.29) is 42.2 Å². The maximum Gasteiger partial charge on any atom is 0.288 e. The molecule has 0 aromatic heterocycles. The number of nitrogens with one attached hydrogen (secondary N) is 1. The minimum absolute atomic E-state index is 0. The van der Waals surface area contributed by atoms with E-state index >= 15 is 0 Å². The third-order valence-electron chi connectivity index (χ3n) is 12.5. The number of ether oxygens (including phenoxy) is 2. The quantitative estimate of drug-likeness (QED) is 0.223. The second-order valence-corrected chi connectivity index (χ2v) is 16.1. The third kappa shape index (κ3) is 8.49. The van der Waals surface area contributed by atoms with Crippen LogP contribution in [0.1, 0.15) is 78.6 Å². The molecule has 6 aliphatic rings. The Hall–Kier alpha value is -4.84. The number of aliphatic imine (C=N–C) groups is 2. The number of benzene rings is 4. The standard InChI is InChI=1S/C23H26FN3O.C22H24FN3O.CH4O.CH4/c1-26-14-11-23(12-15-26)16-28-22(25-23)27-13-10-17-4-2-3-5-20(17)21(27)18-6-8-19(24)9-7-18;23-18-7-5-17(6-8-18)20-19-4-2-1-3-16(19)9-14-26(20)21-25-22(15-27-21)10-12-24-13-11-22;1-2;/h2-9,21H,10-16H2,1H3;1-8,20,24H,9-15H2;2H,1H3;1H4/t21-;20-;;/m00../s1. The van der Waals surface area contributed by atoms with Crippen LogP contribution in [0.2, 0.25) is 0 Å². The van der Waals surface area contributed by atoms with Gasteiger partial charge in [-0.1, -0.05) is 80.2 Å². The predicted molar refractivity (Wildman–Crippen MR) is 226 cm³/mol. The van der Waals surface area contributed by atoms with Crippen LogP contribution in [0, 0.1) is 11.6 Å². The monoisotopic (exact) mass is 792 g/mol. The largest absolute Gasteiger partial charge is 0.463 e. The van der Waals surface area contributed by atoms with E-state index in [1.165, 1.54) is 34.4 Å². The summed E-state index contributed by atoms with van der Waals surface area (Å²) in [6.45, 7) is 7.15. The van der Waals surface area contributed by atoms with Crippen LogP contribution in [0.15, 0.2) is 107 Å². The van der Waals surface area contributed by atoms with Crippen LogP contribution < -0.4 is 5.32 Å². The Morgan fingerprint density at radius 1 is 0.603 bits per heavy atom. The number of amidine groups is 2. The molecule has 0 aliphatic carbocycles. The van der Waals surface area contributed by atoms with Gasteiger partial charge in [0.1, 0.15) is 35.9 Å². The minimum Gasteiger partial charge on any atom is -0.463 e. The fourth-order valence-electron chi connectivity index (χ4n) is 9.22. The summed E-state index contributed by atoms with van der Waals surface area (Å²) >= 11 is 0. The minimum atomic E-state index is -0.211. The van der Waals surface area contributed by atoms with Crippen molar-refractivity contribution in [3.05, 3.63) is 142 Å². The van der Waals surface area contributed by atoms with Gasteiger partial charge < -0.3 is 34.6 Å². The van der Waals surface area contributed by atoms with Crippen LogP contribution in [0.25, 0.3) is 0 Å². The van der Waals surface area contributed by atoms with Crippen molar-refractivity contribution in [1.82, 2.24) is 20.0 Å². The van der Waals surface area contributed by atoms with E-state index in [2.05, 4.69) is 75.6 Å². The van der Waals surface area contributed by atoms with Crippen molar-refractivity contribution in [3.63, 3.8) is 0 Å². The van der Waals surface area contributed by atoms with Crippen LogP contribution >= 0.6 is 0 Å². The highest BCUT2D eigenvalue weighted by molar-refractivity contribution is 5.78. The molecule has 58 heavy (non-hydrogen) atoms. The zero-order valence-corrected chi connectivity index (χ0v) is 33.0. The molecule has 0 saturated carbocycles. The van der Waals surface area contributed by atoms with Gasteiger partial charge in [-0.3, -0.25) is 0 Å². The molecule has 2 N–H and O–H groups in total. The van der Waals surface area contributed by atoms with Crippen LogP contribution in [-0.2, 0) is 22.3 Å². The molecule has 2 atom stereocenters. The molecule has 11 heteroatoms. The average molecular weight is 793 g/mol. The first-order valence-electron chi connectivity index (χ1n) is 20.4. The second kappa shape index (κ2) is 18.0. The Morgan fingerprint density at radius 2 is 1.02 bits per heavy atom. The molecule has 0 unspecified atom stereocenters. The summed E-state index contributed by atoms with van der Waals surface area (Å²) in [4.78, 5) is 17.1. The van der Waals surface area contributed by atoms with Gasteiger partial charge >= 0.3 is 0 Å². The fraction of sp³-hybridized carbons (Fsp3) is 0.447. The van der Waals surface area contributed by atoms with Gasteiger partial charge in [0.05, 0.1) is 12.1 Å². The van der Waals surface area contributed by atoms with Gasteiger partial charge in [0, 0.05) is 33.3 Å². The maximum atomic E-state index is 13.6. The smallest absolute Gasteiger partial charge is 0.288 e. The van der Waals surface area contributed by atoms with Gasteiger partial charge in [0.2, 0.25) is 0 Å². The lowest BCUT2D eigenvalue weighted by molar-refractivity contribution is 0.145. The molecule has 2 fully saturated rings. The number of hydrogen-bond donors (Lipinski definition) is 2. The summed E-state index contributed by atoms with van der Waals surface area (Å²) in [7, 11) is 3.17. The number of nitrogens with zero attached hydrogens (tertiary/aromatic N) is 5. The molecule has 0 amide bonds. The summed E-state index contributed by atoms with van der Waals surface area (Å²) in [5.74, 6) is -0.420. The molecule has 0 radical (unpaired) electrons. The van der Waals surface area contributed by atoms with E-state index in [1.54, 1.807) is 12.1 Å². The number of likely N-dealkylation sites (tertiary alicyclic amines) is 1. The van der Waals surface area contributed by atoms with Crippen LogP contribution in [-0.4, -0.2) is 110 Å². The lowest BCUT2D eigenvalue weighted by Crippen LogP contribution is -2.42. The van der Waals surface area contributed by atoms with E-state index in [0.29, 0.717) is 13.2 Å². The summed E-state index contributed by atoms with van der Waals surface area (Å²) < 4.78 is 39.4. The Kier molecular flexibility index (Phi) is 12.8. The molecule has 4 aromatic rings. The predicted octanol–water partition coefficient (Wildman–Crippen LogP) is 7.15. The number of halogens is 2. The first-order valence-corrected chi connectivity index (χ1v) is 20.4. The van der Waals surface area contributed by atoms with Gasteiger partial charge in [-0.15, -0.1) is 0 Å². The van der Waals surface area contributed by atoms with Gasteiger partial charge in [-0.05, 0) is 116 Å². The van der Waals surface area contributed by atoms with E-state index in [1.807, 2.05) is 24.3 Å². The van der Waals surface area contributed by atoms with Crippen molar-refractivity contribution in [3.8, 4) is 0 Å². The van der Waals surface area contributed by atoms with Gasteiger partial charge in [0.15, 0.2) is 0 Å². The maximum absolute atomic E-state index is 13.6. The number of aliphatic hydroxyl groups is 1. The highest BCUT2D eigenvalue weighted by atomic mass is 19.1. The molecule has 2 spiro atoms. The summed E-state index contributed by atoms with van der Waals surface area (Å²) in [6.07, 6.45) is 6.04. The molecule has 6 aliphatic heterocycles. The first kappa shape index (κ1) is 41.3. The molecule has 308 valence electrons. The topological polar surface area (TPSA) is 85.2 Å². The number of rotatable bonds is 2. The second-order valence-electron chi connectivity index (χ2n) is 16.1. The molecule has 6 heterocycles. The number of aliphatic hydroxyl groups excluding tert-OH is 1. The lowest BCUT2D eigenvalue weighted by atomic mass is 9.88. The molecule has 10 rings (SSSR count). The number of fused-ring (bicyclic) bond motifs is 2. The summed E-state index contributed by atoms with van der Waals surface area (Å²) in [5.41, 5.74) is 7.20. The molecular weight excluding hydrogens is 735 g/mol. The van der Waals surface area contributed by atoms with Crippen LogP contribution in [0.5, 0.6) is 0 Å². The van der Waals surface area contributed by atoms with Gasteiger partial charge in [0.25, 0.3) is 12.0 Å². The SMILES string of the molecule is C.CN1CCC2(CC1)COC(N1CCc3ccccc3[C@@H]1c1ccc(F)cc1)=N2.CO.Fc1ccc([C@H]2c3ccccc3CCN2C2=NC3(CCNCC3)CO2)cc1. The van der Waals surface area contributed by atoms with Gasteiger partial charge in [-0.25, -0.2) is 18.8 Å². The molecular formula is C47H58F2N6O3. The molecule has 4 aromatic carbocycles. The summed E-state index contributed by atoms with van der Waals surface area (Å²) in [5, 5.41) is 10.4. The van der Waals surface area contributed by atoms with E-state index in [0.717, 1.165) is 108 Å². The van der Waals surface area contributed by atoms with Crippen molar-refractivity contribution in [2.75, 3.05) is 66.6 Å². The zero-order chi connectivity index (χ0) is 39.4. The van der Waals surface area contributed by atoms with E-state index < -0.39 is 0 Å². The number of piperidine rings is 2. The average Bonchev–Trinajstić information content (AvgIpc) is 3.87. The Labute approximate surface area is 342 Å². The van der Waals surface area contributed by atoms with Crippen molar-refractivity contribution in [1.29, 1.82) is 0 Å². The summed E-state index contributed by atoms with van der Waals surface area (Å²) in [6, 6.07) is 32.3. The Balaban J connectivity index is 0.000000167. The zero-order valence-electron chi connectivity index (χ0n) is 33.0. The van der Waals surface area contributed by atoms with Gasteiger partial charge in [-0.2, -0.15) is 0 Å². The van der Waals surface area contributed by atoms with Crippen molar-refractivity contribution in [2.45, 2.75) is 69.1 Å². The third-order valence-corrected chi connectivity index (χ3v) is 12.5. The van der Waals surface area contributed by atoms with Crippen molar-refractivity contribution >= 4 is 12.0 Å². The van der Waals surface area contributed by atoms with Crippen LogP contribution in [0.3, 0.4) is 0 Å². The highest BCUT2D eigenvalue weighted by Gasteiger charge is 2.44. The van der Waals surface area contributed by atoms with Crippen molar-refractivity contribution < 1.29 is 23.4 Å². The molecule has 2 saturated heterocycles. The Bertz CT molecular complexity index is 2040. The normalized spacial score (nSPS) is 22.7. The highest BCUT2D eigenvalue weighted by Crippen LogP contribution is 2.40. The van der Waals surface area contributed by atoms with E-state index in [9.17, 15) is 8.78 Å². The Morgan fingerprint density at radius 3 is 1.47 bits per heavy atom. The van der Waals surface area contributed by atoms with E-state index in [4.69, 9.17) is 24.6 Å².